The van der Waals surface area contributed by atoms with Crippen LogP contribution in [0, 0.1) is 11.3 Å². The molecule has 1 fully saturated rings. The Bertz CT molecular complexity index is 983. The normalized spacial score (nSPS) is 16.6. The maximum Gasteiger partial charge on any atom is 0.181 e. The highest BCUT2D eigenvalue weighted by molar-refractivity contribution is 7.13. The van der Waals surface area contributed by atoms with Crippen LogP contribution < -0.4 is 10.6 Å². The van der Waals surface area contributed by atoms with E-state index >= 15 is 0 Å². The van der Waals surface area contributed by atoms with Crippen molar-refractivity contribution in [2.45, 2.75) is 12.5 Å². The van der Waals surface area contributed by atoms with Gasteiger partial charge in [0.2, 0.25) is 0 Å². The fourth-order valence-electron chi connectivity index (χ4n) is 2.89. The number of anilines is 2. The number of nitrogens with zero attached hydrogens (tertiary/aromatic N) is 6. The lowest BCUT2D eigenvalue weighted by Gasteiger charge is -2.17. The predicted octanol–water partition coefficient (Wildman–Crippen LogP) is 1.69. The molecule has 0 saturated carbocycles. The van der Waals surface area contributed by atoms with Crippen LogP contribution in [-0.2, 0) is 0 Å². The largest absolute Gasteiger partial charge is 0.398 e. The highest BCUT2D eigenvalue weighted by Gasteiger charge is 2.23. The van der Waals surface area contributed by atoms with E-state index in [2.05, 4.69) is 26.0 Å². The number of rotatable bonds is 3. The number of aliphatic hydroxyl groups is 1. The van der Waals surface area contributed by atoms with Crippen molar-refractivity contribution in [3.05, 3.63) is 35.5 Å². The summed E-state index contributed by atoms with van der Waals surface area (Å²) in [6.45, 7) is 1.24. The van der Waals surface area contributed by atoms with Crippen LogP contribution in [-0.4, -0.2) is 44.2 Å². The topological polar surface area (TPSA) is 125 Å². The van der Waals surface area contributed by atoms with Gasteiger partial charge < -0.3 is 15.7 Å². The molecule has 8 nitrogen and oxygen atoms in total. The molecule has 3 aromatic rings. The smallest absolute Gasteiger partial charge is 0.181 e. The highest BCUT2D eigenvalue weighted by Crippen LogP contribution is 2.30. The summed E-state index contributed by atoms with van der Waals surface area (Å²) in [6.07, 6.45) is 3.65. The molecule has 0 bridgehead atoms. The van der Waals surface area contributed by atoms with Crippen molar-refractivity contribution in [1.29, 1.82) is 5.26 Å². The summed E-state index contributed by atoms with van der Waals surface area (Å²) in [7, 11) is 0. The number of pyridine rings is 1. The van der Waals surface area contributed by atoms with Gasteiger partial charge in [-0.3, -0.25) is 0 Å². The van der Waals surface area contributed by atoms with Crippen LogP contribution in [0.4, 0.5) is 11.5 Å². The average molecular weight is 365 g/mol. The third kappa shape index (κ3) is 2.96. The Kier molecular flexibility index (Phi) is 4.20. The van der Waals surface area contributed by atoms with Crippen LogP contribution in [0.3, 0.4) is 0 Å². The van der Waals surface area contributed by atoms with E-state index in [1.807, 2.05) is 10.3 Å². The summed E-state index contributed by atoms with van der Waals surface area (Å²) < 4.78 is 0. The minimum Gasteiger partial charge on any atom is -0.398 e. The molecule has 1 atom stereocenters. The van der Waals surface area contributed by atoms with Crippen LogP contribution in [0.15, 0.2) is 29.9 Å². The molecule has 0 amide bonds. The molecule has 0 aromatic carbocycles. The van der Waals surface area contributed by atoms with Gasteiger partial charge in [0.05, 0.1) is 11.8 Å². The van der Waals surface area contributed by atoms with Crippen molar-refractivity contribution in [2.24, 2.45) is 0 Å². The fourth-order valence-corrected chi connectivity index (χ4v) is 3.49. The van der Waals surface area contributed by atoms with Gasteiger partial charge in [0, 0.05) is 30.9 Å². The number of β-amino-alcohol motifs (C(OH)–C–C–N with tert-alkyl or cyclic N) is 1. The summed E-state index contributed by atoms with van der Waals surface area (Å²) in [6, 6.07) is 5.51. The second-order valence-corrected chi connectivity index (χ2v) is 6.79. The molecule has 0 aliphatic carbocycles. The fraction of sp³-hybridized carbons (Fsp3) is 0.235. The summed E-state index contributed by atoms with van der Waals surface area (Å²) in [4.78, 5) is 19.6. The number of nitrogens with two attached hydrogens (primary N) is 1. The first-order valence-electron chi connectivity index (χ1n) is 8.02. The summed E-state index contributed by atoms with van der Waals surface area (Å²) in [5, 5.41) is 21.8. The molecule has 130 valence electrons. The molecule has 3 aromatic heterocycles. The number of hydrogen-bond donors (Lipinski definition) is 2. The lowest BCUT2D eigenvalue weighted by molar-refractivity contribution is 0.198. The summed E-state index contributed by atoms with van der Waals surface area (Å²) in [5.41, 5.74) is 7.54. The maximum atomic E-state index is 9.75. The maximum absolute atomic E-state index is 9.75. The Morgan fingerprint density at radius 1 is 1.31 bits per heavy atom. The van der Waals surface area contributed by atoms with Gasteiger partial charge in [-0.25, -0.2) is 19.9 Å². The lowest BCUT2D eigenvalue weighted by atomic mass is 10.1. The first-order valence-corrected chi connectivity index (χ1v) is 8.90. The molecular weight excluding hydrogens is 350 g/mol. The Labute approximate surface area is 153 Å². The van der Waals surface area contributed by atoms with Gasteiger partial charge >= 0.3 is 0 Å². The molecule has 4 heterocycles. The standard InChI is InChI=1S/C17H15N7OS/c18-8-11-12(19)7-13(17-21-4-6-26-17)22-15(11)16-20-3-1-14(23-16)24-5-2-10(25)9-24/h1,3-4,6-7,10,25H,2,5,9H2,(H2,19,22)/t10-/m1/s1. The number of thiazole rings is 1. The van der Waals surface area contributed by atoms with Gasteiger partial charge in [-0.2, -0.15) is 5.26 Å². The Morgan fingerprint density at radius 2 is 2.19 bits per heavy atom. The minimum absolute atomic E-state index is 0.240. The molecule has 4 rings (SSSR count). The van der Waals surface area contributed by atoms with E-state index in [1.165, 1.54) is 11.3 Å². The van der Waals surface area contributed by atoms with Gasteiger partial charge in [0.25, 0.3) is 0 Å². The quantitative estimate of drug-likeness (QED) is 0.718. The molecule has 9 heteroatoms. The molecule has 26 heavy (non-hydrogen) atoms. The SMILES string of the molecule is N#Cc1c(N)cc(-c2nccs2)nc1-c1nccc(N2CC[C@@H](O)C2)n1. The van der Waals surface area contributed by atoms with Crippen LogP contribution in [0.5, 0.6) is 0 Å². The van der Waals surface area contributed by atoms with Gasteiger partial charge in [0.1, 0.15) is 33.8 Å². The number of nitriles is 1. The number of aliphatic hydroxyl groups excluding tert-OH is 1. The molecule has 1 saturated heterocycles. The van der Waals surface area contributed by atoms with Crippen molar-refractivity contribution >= 4 is 22.8 Å². The lowest BCUT2D eigenvalue weighted by Crippen LogP contribution is -2.22. The number of nitrogen functional groups attached to an aromatic ring is 1. The molecule has 1 aliphatic rings. The Hall–Kier alpha value is -3.09. The molecule has 0 radical (unpaired) electrons. The van der Waals surface area contributed by atoms with Crippen molar-refractivity contribution in [3.63, 3.8) is 0 Å². The van der Waals surface area contributed by atoms with Gasteiger partial charge in [-0.05, 0) is 18.6 Å². The zero-order valence-corrected chi connectivity index (χ0v) is 14.5. The van der Waals surface area contributed by atoms with Crippen molar-refractivity contribution in [2.75, 3.05) is 23.7 Å². The van der Waals surface area contributed by atoms with E-state index in [0.29, 0.717) is 46.7 Å². The van der Waals surface area contributed by atoms with Crippen LogP contribution in [0.25, 0.3) is 22.2 Å². The van der Waals surface area contributed by atoms with E-state index in [4.69, 9.17) is 5.73 Å². The van der Waals surface area contributed by atoms with Crippen LogP contribution in [0.1, 0.15) is 12.0 Å². The van der Waals surface area contributed by atoms with Crippen LogP contribution >= 0.6 is 11.3 Å². The van der Waals surface area contributed by atoms with Crippen LogP contribution in [0.2, 0.25) is 0 Å². The number of hydrogen-bond acceptors (Lipinski definition) is 9. The molecule has 3 N–H and O–H groups in total. The minimum atomic E-state index is -0.356. The zero-order chi connectivity index (χ0) is 18.1. The molecule has 0 spiro atoms. The predicted molar refractivity (Wildman–Crippen MR) is 98.3 cm³/mol. The van der Waals surface area contributed by atoms with E-state index in [1.54, 1.807) is 24.5 Å². The van der Waals surface area contributed by atoms with E-state index in [-0.39, 0.29) is 11.7 Å². The van der Waals surface area contributed by atoms with Gasteiger partial charge in [0.15, 0.2) is 5.82 Å². The molecular formula is C17H15N7OS. The molecule has 1 aliphatic heterocycles. The van der Waals surface area contributed by atoms with E-state index < -0.39 is 0 Å². The second-order valence-electron chi connectivity index (χ2n) is 5.90. The average Bonchev–Trinajstić information content (AvgIpc) is 3.33. The third-order valence-electron chi connectivity index (χ3n) is 4.15. The zero-order valence-electron chi connectivity index (χ0n) is 13.7. The molecule has 0 unspecified atom stereocenters. The second kappa shape index (κ2) is 6.67. The summed E-state index contributed by atoms with van der Waals surface area (Å²) >= 11 is 1.44. The Balaban J connectivity index is 1.81. The van der Waals surface area contributed by atoms with Crippen molar-refractivity contribution in [3.8, 4) is 28.3 Å². The monoisotopic (exact) mass is 365 g/mol. The summed E-state index contributed by atoms with van der Waals surface area (Å²) in [5.74, 6) is 1.01. The Morgan fingerprint density at radius 3 is 2.88 bits per heavy atom. The number of aromatic nitrogens is 4. The van der Waals surface area contributed by atoms with Gasteiger partial charge in [-0.15, -0.1) is 11.3 Å². The first-order chi connectivity index (χ1) is 12.7. The van der Waals surface area contributed by atoms with E-state index in [9.17, 15) is 10.4 Å². The van der Waals surface area contributed by atoms with E-state index in [0.717, 1.165) is 6.54 Å². The third-order valence-corrected chi connectivity index (χ3v) is 4.95. The highest BCUT2D eigenvalue weighted by atomic mass is 32.1. The first kappa shape index (κ1) is 16.4. The van der Waals surface area contributed by atoms with Gasteiger partial charge in [-0.1, -0.05) is 0 Å². The van der Waals surface area contributed by atoms with Crippen molar-refractivity contribution < 1.29 is 5.11 Å². The van der Waals surface area contributed by atoms with Crippen molar-refractivity contribution in [1.82, 2.24) is 19.9 Å².